The van der Waals surface area contributed by atoms with Crippen LogP contribution in [0.2, 0.25) is 0 Å². The molecule has 0 fully saturated rings. The number of benzene rings is 3. The zero-order chi connectivity index (χ0) is 30.9. The van der Waals surface area contributed by atoms with Crippen LogP contribution in [0.25, 0.3) is 0 Å². The van der Waals surface area contributed by atoms with Gasteiger partial charge in [0.2, 0.25) is 0 Å². The monoisotopic (exact) mass is 592 g/mol. The van der Waals surface area contributed by atoms with E-state index in [4.69, 9.17) is 14.2 Å². The minimum atomic E-state index is -4.60. The van der Waals surface area contributed by atoms with Crippen LogP contribution >= 0.6 is 0 Å². The molecule has 2 aliphatic rings. The van der Waals surface area contributed by atoms with E-state index < -0.39 is 23.6 Å². The van der Waals surface area contributed by atoms with Gasteiger partial charge in [0.05, 0.1) is 26.9 Å². The van der Waals surface area contributed by atoms with E-state index >= 15 is 0 Å². The highest BCUT2D eigenvalue weighted by Crippen LogP contribution is 2.47. The Hall–Kier alpha value is -4.73. The van der Waals surface area contributed by atoms with Crippen molar-refractivity contribution in [3.8, 4) is 17.2 Å². The van der Waals surface area contributed by atoms with Crippen molar-refractivity contribution < 1.29 is 37.0 Å². The number of rotatable bonds is 7. The number of methoxy groups -OCH3 is 3. The van der Waals surface area contributed by atoms with Gasteiger partial charge >= 0.3 is 6.18 Å². The number of hydrogen-bond donors (Lipinski definition) is 2. The molecular formula is C33H31F3N2O5. The summed E-state index contributed by atoms with van der Waals surface area (Å²) in [5, 5.41) is 6.09. The lowest BCUT2D eigenvalue weighted by Gasteiger charge is -2.37. The summed E-state index contributed by atoms with van der Waals surface area (Å²) >= 11 is 0. The summed E-state index contributed by atoms with van der Waals surface area (Å²) in [6, 6.07) is 17.0. The normalized spacial score (nSPS) is 18.5. The number of halogens is 3. The van der Waals surface area contributed by atoms with Crippen LogP contribution in [0.5, 0.6) is 17.2 Å². The number of ether oxygens (including phenoxy) is 3. The molecule has 5 rings (SSSR count). The predicted octanol–water partition coefficient (Wildman–Crippen LogP) is 6.73. The molecule has 0 bridgehead atoms. The zero-order valence-corrected chi connectivity index (χ0v) is 24.1. The molecule has 0 unspecified atom stereocenters. The largest absolute Gasteiger partial charge is 0.497 e. The number of Topliss-reactive ketones (excluding diaryl/α,β-unsaturated/α-hetero) is 1. The van der Waals surface area contributed by atoms with E-state index in [1.165, 1.54) is 33.5 Å². The van der Waals surface area contributed by atoms with E-state index in [2.05, 4.69) is 10.6 Å². The van der Waals surface area contributed by atoms with E-state index in [1.54, 1.807) is 37.3 Å². The lowest BCUT2D eigenvalue weighted by Crippen LogP contribution is -2.37. The van der Waals surface area contributed by atoms with Crippen LogP contribution in [-0.4, -0.2) is 33.0 Å². The van der Waals surface area contributed by atoms with Crippen molar-refractivity contribution in [2.45, 2.75) is 37.8 Å². The second-order valence-electron chi connectivity index (χ2n) is 10.4. The first-order valence-corrected chi connectivity index (χ1v) is 13.6. The maximum Gasteiger partial charge on any atom is 0.416 e. The summed E-state index contributed by atoms with van der Waals surface area (Å²) in [5.41, 5.74) is 2.18. The van der Waals surface area contributed by atoms with E-state index in [9.17, 15) is 22.8 Å². The summed E-state index contributed by atoms with van der Waals surface area (Å²) in [5.74, 6) is -0.323. The second kappa shape index (κ2) is 11.9. The summed E-state index contributed by atoms with van der Waals surface area (Å²) in [6.07, 6.45) is -4.08. The maximum atomic E-state index is 13.9. The highest BCUT2D eigenvalue weighted by Gasteiger charge is 2.42. The molecule has 1 amide bonds. The molecule has 1 aliphatic carbocycles. The van der Waals surface area contributed by atoms with Crippen LogP contribution in [0.3, 0.4) is 0 Å². The van der Waals surface area contributed by atoms with Crippen LogP contribution in [0.1, 0.15) is 48.3 Å². The van der Waals surface area contributed by atoms with Gasteiger partial charge in [-0.15, -0.1) is 0 Å². The van der Waals surface area contributed by atoms with Crippen LogP contribution in [0.15, 0.2) is 89.3 Å². The molecule has 0 aromatic heterocycles. The fourth-order valence-corrected chi connectivity index (χ4v) is 5.78. The lowest BCUT2D eigenvalue weighted by atomic mass is 9.71. The first kappa shape index (κ1) is 29.8. The minimum absolute atomic E-state index is 0.109. The number of ketones is 1. The molecule has 0 saturated carbocycles. The van der Waals surface area contributed by atoms with Gasteiger partial charge in [-0.3, -0.25) is 9.59 Å². The van der Waals surface area contributed by atoms with Crippen molar-refractivity contribution in [1.82, 2.24) is 5.32 Å². The molecule has 224 valence electrons. The van der Waals surface area contributed by atoms with Gasteiger partial charge in [0.1, 0.15) is 5.75 Å². The Morgan fingerprint density at radius 2 is 1.60 bits per heavy atom. The Bertz CT molecular complexity index is 1630. The van der Waals surface area contributed by atoms with E-state index in [-0.39, 0.29) is 29.3 Å². The van der Waals surface area contributed by atoms with Crippen LogP contribution in [-0.2, 0) is 15.8 Å². The number of amides is 1. The highest BCUT2D eigenvalue weighted by molar-refractivity contribution is 6.10. The number of hydrogen-bond acceptors (Lipinski definition) is 6. The standard InChI is InChI=1S/C33H31F3N2O5/c1-18-29(32(40)38-23-9-11-24(41-2)12-10-23)30(20-6-5-7-22(14-20)33(34,35)36)31-25(37-18)15-21(16-26(31)39)19-8-13-27(42-3)28(17-19)43-4/h5-14,17,21,30,37H,15-16H2,1-4H3,(H,38,40)/t21-,30-/m0/s1. The van der Waals surface area contributed by atoms with Crippen molar-refractivity contribution in [1.29, 1.82) is 0 Å². The SMILES string of the molecule is COc1ccc(NC(=O)C2=C(C)NC3=C(C(=O)C[C@@H](c4ccc(OC)c(OC)c4)C3)[C@H]2c2cccc(C(F)(F)F)c2)cc1. The number of allylic oxidation sites excluding steroid dienone is 3. The number of carbonyl (C=O) groups is 2. The molecule has 1 heterocycles. The third-order valence-electron chi connectivity index (χ3n) is 7.85. The first-order valence-electron chi connectivity index (χ1n) is 13.6. The number of dihydropyridines is 1. The van der Waals surface area contributed by atoms with Crippen LogP contribution in [0, 0.1) is 0 Å². The molecule has 0 radical (unpaired) electrons. The maximum absolute atomic E-state index is 13.9. The second-order valence-corrected chi connectivity index (χ2v) is 10.4. The Balaban J connectivity index is 1.57. The Morgan fingerprint density at radius 3 is 2.26 bits per heavy atom. The molecule has 43 heavy (non-hydrogen) atoms. The van der Waals surface area contributed by atoms with Crippen molar-refractivity contribution in [2.75, 3.05) is 26.6 Å². The third-order valence-corrected chi connectivity index (χ3v) is 7.85. The minimum Gasteiger partial charge on any atom is -0.497 e. The molecule has 3 aromatic rings. The summed E-state index contributed by atoms with van der Waals surface area (Å²) in [6.45, 7) is 1.69. The highest BCUT2D eigenvalue weighted by atomic mass is 19.4. The van der Waals surface area contributed by atoms with E-state index in [1.807, 2.05) is 12.1 Å². The molecular weight excluding hydrogens is 561 g/mol. The lowest BCUT2D eigenvalue weighted by molar-refractivity contribution is -0.137. The number of nitrogens with one attached hydrogen (secondary N) is 2. The number of anilines is 1. The van der Waals surface area contributed by atoms with Gasteiger partial charge in [-0.1, -0.05) is 24.3 Å². The van der Waals surface area contributed by atoms with Gasteiger partial charge in [-0.2, -0.15) is 13.2 Å². The molecule has 0 spiro atoms. The van der Waals surface area contributed by atoms with E-state index in [0.717, 1.165) is 17.7 Å². The fourth-order valence-electron chi connectivity index (χ4n) is 5.78. The Labute approximate surface area is 247 Å². The molecule has 3 aromatic carbocycles. The van der Waals surface area contributed by atoms with Crippen molar-refractivity contribution in [3.05, 3.63) is 106 Å². The van der Waals surface area contributed by atoms with Gasteiger partial charge in [-0.05, 0) is 72.9 Å². The number of carbonyl (C=O) groups excluding carboxylic acids is 2. The quantitative estimate of drug-likeness (QED) is 0.317. The molecule has 2 atom stereocenters. The zero-order valence-electron chi connectivity index (χ0n) is 24.1. The Morgan fingerprint density at radius 1 is 0.884 bits per heavy atom. The number of alkyl halides is 3. The average Bonchev–Trinajstić information content (AvgIpc) is 2.99. The van der Waals surface area contributed by atoms with Crippen LogP contribution in [0.4, 0.5) is 18.9 Å². The molecule has 2 N–H and O–H groups in total. The van der Waals surface area contributed by atoms with E-state index in [0.29, 0.717) is 46.3 Å². The summed E-state index contributed by atoms with van der Waals surface area (Å²) in [7, 11) is 4.59. The molecule has 7 nitrogen and oxygen atoms in total. The smallest absolute Gasteiger partial charge is 0.416 e. The summed E-state index contributed by atoms with van der Waals surface area (Å²) < 4.78 is 57.3. The predicted molar refractivity (Wildman–Crippen MR) is 155 cm³/mol. The van der Waals surface area contributed by atoms with Crippen molar-refractivity contribution in [3.63, 3.8) is 0 Å². The van der Waals surface area contributed by atoms with Crippen molar-refractivity contribution >= 4 is 17.4 Å². The molecule has 10 heteroatoms. The average molecular weight is 593 g/mol. The van der Waals surface area contributed by atoms with Gasteiger partial charge in [0.15, 0.2) is 17.3 Å². The van der Waals surface area contributed by atoms with Crippen molar-refractivity contribution in [2.24, 2.45) is 0 Å². The topological polar surface area (TPSA) is 85.9 Å². The van der Waals surface area contributed by atoms with Crippen LogP contribution < -0.4 is 24.8 Å². The molecule has 1 aliphatic heterocycles. The Kier molecular flexibility index (Phi) is 8.21. The molecule has 0 saturated heterocycles. The third kappa shape index (κ3) is 5.95. The summed E-state index contributed by atoms with van der Waals surface area (Å²) in [4.78, 5) is 27.7. The van der Waals surface area contributed by atoms with Gasteiger partial charge in [0, 0.05) is 40.6 Å². The van der Waals surface area contributed by atoms with Gasteiger partial charge in [-0.25, -0.2) is 0 Å². The fraction of sp³-hybridized carbons (Fsp3) is 0.273. The first-order chi connectivity index (χ1) is 20.5. The van der Waals surface area contributed by atoms with Gasteiger partial charge in [0.25, 0.3) is 5.91 Å². The van der Waals surface area contributed by atoms with Gasteiger partial charge < -0.3 is 24.8 Å².